The summed E-state index contributed by atoms with van der Waals surface area (Å²) in [5, 5.41) is 3.06. The Bertz CT molecular complexity index is 620. The van der Waals surface area contributed by atoms with Crippen molar-refractivity contribution in [1.82, 2.24) is 15.1 Å². The molecule has 0 radical (unpaired) electrons. The van der Waals surface area contributed by atoms with Crippen LogP contribution in [0, 0.1) is 5.92 Å². The highest BCUT2D eigenvalue weighted by molar-refractivity contribution is 5.97. The molecular weight excluding hydrogens is 356 g/mol. The van der Waals surface area contributed by atoms with Crippen molar-refractivity contribution in [3.63, 3.8) is 0 Å². The zero-order chi connectivity index (χ0) is 17.1. The molecule has 0 unspecified atom stereocenters. The number of carbonyl (C=O) groups is 2. The number of nitrogens with zero attached hydrogens (tertiary/aromatic N) is 2. The Hall–Kier alpha value is -1.93. The van der Waals surface area contributed by atoms with Crippen molar-refractivity contribution in [3.8, 4) is 5.75 Å². The van der Waals surface area contributed by atoms with Crippen LogP contribution in [0.15, 0.2) is 24.3 Å². The maximum absolute atomic E-state index is 12.6. The van der Waals surface area contributed by atoms with Gasteiger partial charge in [-0.15, -0.1) is 12.4 Å². The van der Waals surface area contributed by atoms with Gasteiger partial charge in [0, 0.05) is 39.3 Å². The summed E-state index contributed by atoms with van der Waals surface area (Å²) < 4.78 is 29.3. The van der Waals surface area contributed by atoms with Crippen LogP contribution in [0.5, 0.6) is 5.75 Å². The molecule has 1 aromatic carbocycles. The molecule has 2 amide bonds. The molecule has 2 aliphatic heterocycles. The minimum atomic E-state index is -2.98. The first-order chi connectivity index (χ1) is 11.6. The van der Waals surface area contributed by atoms with Crippen molar-refractivity contribution >= 4 is 24.2 Å². The van der Waals surface area contributed by atoms with Crippen LogP contribution in [0.1, 0.15) is 10.4 Å². The van der Waals surface area contributed by atoms with E-state index >= 15 is 0 Å². The van der Waals surface area contributed by atoms with Crippen molar-refractivity contribution in [2.24, 2.45) is 5.92 Å². The molecule has 6 nitrogen and oxygen atoms in total. The number of nitrogens with one attached hydrogen (secondary N) is 1. The van der Waals surface area contributed by atoms with E-state index < -0.39 is 6.61 Å². The van der Waals surface area contributed by atoms with E-state index in [1.807, 2.05) is 0 Å². The first-order valence-electron chi connectivity index (χ1n) is 7.89. The molecule has 138 valence electrons. The Balaban J connectivity index is 0.00000225. The average molecular weight is 376 g/mol. The Kier molecular flexibility index (Phi) is 6.55. The Morgan fingerprint density at radius 3 is 2.24 bits per heavy atom. The van der Waals surface area contributed by atoms with E-state index in [9.17, 15) is 18.4 Å². The second-order valence-corrected chi connectivity index (χ2v) is 5.85. The minimum absolute atomic E-state index is 0. The van der Waals surface area contributed by atoms with Gasteiger partial charge in [-0.1, -0.05) is 12.1 Å². The van der Waals surface area contributed by atoms with E-state index in [-0.39, 0.29) is 41.5 Å². The first kappa shape index (κ1) is 19.4. The lowest BCUT2D eigenvalue weighted by atomic mass is 10.0. The second kappa shape index (κ2) is 8.44. The number of para-hydroxylation sites is 1. The summed E-state index contributed by atoms with van der Waals surface area (Å²) in [6, 6.07) is 5.97. The number of hydrogen-bond acceptors (Lipinski definition) is 4. The molecule has 1 N–H and O–H groups in total. The van der Waals surface area contributed by atoms with Gasteiger partial charge < -0.3 is 19.9 Å². The second-order valence-electron chi connectivity index (χ2n) is 5.85. The smallest absolute Gasteiger partial charge is 0.387 e. The van der Waals surface area contributed by atoms with Gasteiger partial charge in [-0.3, -0.25) is 9.59 Å². The fourth-order valence-corrected chi connectivity index (χ4v) is 2.86. The van der Waals surface area contributed by atoms with Crippen molar-refractivity contribution < 1.29 is 23.1 Å². The lowest BCUT2D eigenvalue weighted by Crippen LogP contribution is -2.57. The normalized spacial score (nSPS) is 17.7. The fraction of sp³-hybridized carbons (Fsp3) is 0.500. The van der Waals surface area contributed by atoms with E-state index in [4.69, 9.17) is 0 Å². The predicted molar refractivity (Wildman–Crippen MR) is 89.2 cm³/mol. The molecule has 3 rings (SSSR count). The van der Waals surface area contributed by atoms with Gasteiger partial charge in [-0.05, 0) is 12.1 Å². The van der Waals surface area contributed by atoms with Crippen LogP contribution in [-0.2, 0) is 4.79 Å². The Labute approximate surface area is 150 Å². The van der Waals surface area contributed by atoms with Crippen LogP contribution in [0.25, 0.3) is 0 Å². The summed E-state index contributed by atoms with van der Waals surface area (Å²) in [5.74, 6) is -0.338. The summed E-state index contributed by atoms with van der Waals surface area (Å²) in [7, 11) is 0. The highest BCUT2D eigenvalue weighted by Gasteiger charge is 2.32. The molecule has 0 saturated carbocycles. The summed E-state index contributed by atoms with van der Waals surface area (Å²) in [5.41, 5.74) is 0.112. The Morgan fingerprint density at radius 1 is 1.08 bits per heavy atom. The first-order valence-corrected chi connectivity index (χ1v) is 7.89. The molecule has 1 aromatic rings. The standard InChI is InChI=1S/C16H19F2N3O3.ClH/c17-16(18)24-13-4-2-1-3-12(13)15(23)21-7-5-20(6-8-21)14(22)11-9-19-10-11;/h1-4,11,16,19H,5-10H2;1H. The van der Waals surface area contributed by atoms with Crippen LogP contribution in [0.2, 0.25) is 0 Å². The number of rotatable bonds is 4. The van der Waals surface area contributed by atoms with Gasteiger partial charge in [0.15, 0.2) is 0 Å². The largest absolute Gasteiger partial charge is 0.434 e. The van der Waals surface area contributed by atoms with Gasteiger partial charge in [0.1, 0.15) is 5.75 Å². The summed E-state index contributed by atoms with van der Waals surface area (Å²) >= 11 is 0. The number of ether oxygens (including phenoxy) is 1. The van der Waals surface area contributed by atoms with Gasteiger partial charge >= 0.3 is 6.61 Å². The highest BCUT2D eigenvalue weighted by Crippen LogP contribution is 2.22. The molecule has 0 spiro atoms. The summed E-state index contributed by atoms with van der Waals surface area (Å²) in [6.45, 7) is 0.107. The SMILES string of the molecule is Cl.O=C(c1ccccc1OC(F)F)N1CCN(C(=O)C2CNC2)CC1. The molecular formula is C16H20ClF2N3O3. The zero-order valence-corrected chi connectivity index (χ0v) is 14.3. The van der Waals surface area contributed by atoms with Gasteiger partial charge in [0.05, 0.1) is 11.5 Å². The number of benzene rings is 1. The molecule has 2 saturated heterocycles. The highest BCUT2D eigenvalue weighted by atomic mass is 35.5. The Morgan fingerprint density at radius 2 is 1.68 bits per heavy atom. The van der Waals surface area contributed by atoms with E-state index in [0.29, 0.717) is 39.3 Å². The summed E-state index contributed by atoms with van der Waals surface area (Å²) in [6.07, 6.45) is 0. The van der Waals surface area contributed by atoms with Crippen LogP contribution in [0.4, 0.5) is 8.78 Å². The van der Waals surface area contributed by atoms with Crippen LogP contribution in [-0.4, -0.2) is 67.5 Å². The number of carbonyl (C=O) groups excluding carboxylic acids is 2. The topological polar surface area (TPSA) is 61.9 Å². The zero-order valence-electron chi connectivity index (χ0n) is 13.5. The molecule has 0 aliphatic carbocycles. The molecule has 9 heteroatoms. The van der Waals surface area contributed by atoms with E-state index in [1.165, 1.54) is 18.2 Å². The number of amides is 2. The quantitative estimate of drug-likeness (QED) is 0.859. The molecule has 0 atom stereocenters. The van der Waals surface area contributed by atoms with E-state index in [0.717, 1.165) is 0 Å². The van der Waals surface area contributed by atoms with Crippen LogP contribution in [0.3, 0.4) is 0 Å². The number of hydrogen-bond donors (Lipinski definition) is 1. The van der Waals surface area contributed by atoms with Gasteiger partial charge in [-0.25, -0.2) is 0 Å². The van der Waals surface area contributed by atoms with Crippen LogP contribution >= 0.6 is 12.4 Å². The molecule has 25 heavy (non-hydrogen) atoms. The van der Waals surface area contributed by atoms with Gasteiger partial charge in [-0.2, -0.15) is 8.78 Å². The third kappa shape index (κ3) is 4.38. The average Bonchev–Trinajstić information content (AvgIpc) is 2.53. The maximum Gasteiger partial charge on any atom is 0.387 e. The minimum Gasteiger partial charge on any atom is -0.434 e. The number of alkyl halides is 2. The molecule has 0 aromatic heterocycles. The van der Waals surface area contributed by atoms with Crippen molar-refractivity contribution in [3.05, 3.63) is 29.8 Å². The summed E-state index contributed by atoms with van der Waals surface area (Å²) in [4.78, 5) is 28.1. The molecule has 2 heterocycles. The van der Waals surface area contributed by atoms with Gasteiger partial charge in [0.25, 0.3) is 5.91 Å². The molecule has 2 aliphatic rings. The third-order valence-corrected chi connectivity index (χ3v) is 4.34. The number of piperazine rings is 1. The maximum atomic E-state index is 12.6. The van der Waals surface area contributed by atoms with Crippen molar-refractivity contribution in [2.75, 3.05) is 39.3 Å². The predicted octanol–water partition coefficient (Wildman–Crippen LogP) is 1.21. The van der Waals surface area contributed by atoms with Crippen LogP contribution < -0.4 is 10.1 Å². The molecule has 0 bridgehead atoms. The van der Waals surface area contributed by atoms with E-state index in [1.54, 1.807) is 15.9 Å². The third-order valence-electron chi connectivity index (χ3n) is 4.34. The lowest BCUT2D eigenvalue weighted by Gasteiger charge is -2.38. The van der Waals surface area contributed by atoms with Gasteiger partial charge in [0.2, 0.25) is 5.91 Å². The lowest BCUT2D eigenvalue weighted by molar-refractivity contribution is -0.138. The van der Waals surface area contributed by atoms with E-state index in [2.05, 4.69) is 10.1 Å². The van der Waals surface area contributed by atoms with Crippen molar-refractivity contribution in [1.29, 1.82) is 0 Å². The fourth-order valence-electron chi connectivity index (χ4n) is 2.86. The van der Waals surface area contributed by atoms with Crippen molar-refractivity contribution in [2.45, 2.75) is 6.61 Å². The monoisotopic (exact) mass is 375 g/mol. The molecule has 2 fully saturated rings. The number of halogens is 3.